The Morgan fingerprint density at radius 1 is 1.06 bits per heavy atom. The van der Waals surface area contributed by atoms with Crippen LogP contribution in [0.15, 0.2) is 66.9 Å². The van der Waals surface area contributed by atoms with E-state index in [1.807, 2.05) is 6.07 Å². The minimum Gasteiger partial charge on any atom is -0.480 e. The zero-order valence-electron chi connectivity index (χ0n) is 26.2. The number of hydrogen-bond acceptors (Lipinski definition) is 5. The molecule has 1 heterocycles. The molecule has 3 aromatic rings. The largest absolute Gasteiger partial charge is 0.480 e. The zero-order chi connectivity index (χ0) is 30.1. The van der Waals surface area contributed by atoms with Gasteiger partial charge in [-0.05, 0) is 26.6 Å². The van der Waals surface area contributed by atoms with Gasteiger partial charge < -0.3 is 14.7 Å². The first-order valence-electron chi connectivity index (χ1n) is 14.0. The predicted molar refractivity (Wildman–Crippen MR) is 123 cm³/mol. The van der Waals surface area contributed by atoms with Crippen LogP contribution in [0.2, 0.25) is 0 Å². The number of nitrogens with zero attached hydrogens (tertiary/aromatic N) is 3. The Bertz CT molecular complexity index is 1340. The van der Waals surface area contributed by atoms with Crippen molar-refractivity contribution in [3.63, 3.8) is 0 Å². The fraction of sp³-hybridized carbons (Fsp3) is 0.320. The molecule has 0 saturated heterocycles. The quantitative estimate of drug-likeness (QED) is 0.468. The Morgan fingerprint density at radius 3 is 2.26 bits per heavy atom. The van der Waals surface area contributed by atoms with Crippen LogP contribution in [-0.4, -0.2) is 46.7 Å². The highest BCUT2D eigenvalue weighted by atomic mass is 16.5. The van der Waals surface area contributed by atoms with Crippen LogP contribution in [0.4, 0.5) is 5.82 Å². The number of aromatic nitrogens is 2. The molecule has 0 amide bonds. The summed E-state index contributed by atoms with van der Waals surface area (Å²) in [4.78, 5) is 20.5. The molecule has 1 aromatic heterocycles. The van der Waals surface area contributed by atoms with Crippen molar-refractivity contribution in [2.45, 2.75) is 32.6 Å². The Kier molecular flexibility index (Phi) is 4.79. The molecular weight excluding hydrogens is 390 g/mol. The van der Waals surface area contributed by atoms with Gasteiger partial charge in [0, 0.05) is 38.4 Å². The molecule has 0 saturated carbocycles. The van der Waals surface area contributed by atoms with E-state index in [0.717, 1.165) is 6.20 Å². The van der Waals surface area contributed by atoms with Gasteiger partial charge in [-0.1, -0.05) is 60.7 Å². The second kappa shape index (κ2) is 11.2. The van der Waals surface area contributed by atoms with Crippen LogP contribution in [0.1, 0.15) is 38.9 Å². The molecule has 1 N–H and O–H groups in total. The summed E-state index contributed by atoms with van der Waals surface area (Å²) >= 11 is 0. The zero-order valence-corrected chi connectivity index (χ0v) is 17.2. The summed E-state index contributed by atoms with van der Waals surface area (Å²) < 4.78 is 80.1. The van der Waals surface area contributed by atoms with Crippen LogP contribution in [-0.2, 0) is 9.53 Å². The third kappa shape index (κ3) is 6.36. The monoisotopic (exact) mass is 428 g/mol. The van der Waals surface area contributed by atoms with Gasteiger partial charge in [0.2, 0.25) is 0 Å². The molecule has 0 aliphatic carbocycles. The second-order valence-corrected chi connectivity index (χ2v) is 6.59. The van der Waals surface area contributed by atoms with Gasteiger partial charge in [0.05, 0.1) is 21.7 Å². The number of anilines is 1. The summed E-state index contributed by atoms with van der Waals surface area (Å²) in [5.74, 6) is -1.94. The molecular formula is C25H29N3O3. The van der Waals surface area contributed by atoms with Crippen molar-refractivity contribution in [2.24, 2.45) is 0 Å². The number of ether oxygens (including phenoxy) is 1. The number of hydrogen-bond donors (Lipinski definition) is 1. The maximum Gasteiger partial charge on any atom is 0.329 e. The first-order chi connectivity index (χ1) is 18.3. The number of carbonyl (C=O) groups is 1. The third-order valence-electron chi connectivity index (χ3n) is 4.08. The molecule has 6 heteroatoms. The van der Waals surface area contributed by atoms with Gasteiger partial charge in [0.15, 0.2) is 0 Å². The van der Waals surface area contributed by atoms with Crippen molar-refractivity contribution in [3.8, 4) is 22.5 Å². The lowest BCUT2D eigenvalue weighted by Gasteiger charge is -2.28. The Morgan fingerprint density at radius 2 is 1.68 bits per heavy atom. The fourth-order valence-corrected chi connectivity index (χ4v) is 2.73. The van der Waals surface area contributed by atoms with Crippen molar-refractivity contribution in [1.82, 2.24) is 9.97 Å². The maximum atomic E-state index is 10.9. The topological polar surface area (TPSA) is 75.5 Å². The van der Waals surface area contributed by atoms with Crippen molar-refractivity contribution < 1.29 is 27.0 Å². The number of rotatable bonds is 11. The van der Waals surface area contributed by atoms with E-state index in [-0.39, 0.29) is 11.5 Å². The van der Waals surface area contributed by atoms with E-state index in [9.17, 15) is 4.79 Å². The number of carboxylic acid groups (broad SMARTS) is 1. The lowest BCUT2D eigenvalue weighted by Crippen LogP contribution is -2.33. The highest BCUT2D eigenvalue weighted by Gasteiger charge is 2.17. The fourth-order valence-electron chi connectivity index (χ4n) is 2.73. The van der Waals surface area contributed by atoms with E-state index in [4.69, 9.17) is 17.4 Å². The molecule has 0 unspecified atom stereocenters. The van der Waals surface area contributed by atoms with E-state index >= 15 is 0 Å². The summed E-state index contributed by atoms with van der Waals surface area (Å²) in [6, 6.07) is 15.9. The van der Waals surface area contributed by atoms with Crippen molar-refractivity contribution in [3.05, 3.63) is 66.9 Å². The third-order valence-corrected chi connectivity index (χ3v) is 4.08. The molecule has 31 heavy (non-hydrogen) atoms. The van der Waals surface area contributed by atoms with E-state index < -0.39 is 44.4 Å². The molecule has 2 aromatic carbocycles. The van der Waals surface area contributed by atoms with E-state index in [1.54, 1.807) is 54.6 Å². The summed E-state index contributed by atoms with van der Waals surface area (Å²) in [5, 5.41) is 8.84. The van der Waals surface area contributed by atoms with E-state index in [2.05, 4.69) is 14.7 Å². The van der Waals surface area contributed by atoms with Crippen LogP contribution >= 0.6 is 0 Å². The molecule has 0 radical (unpaired) electrons. The molecule has 6 nitrogen and oxygen atoms in total. The number of benzene rings is 2. The average Bonchev–Trinajstić information content (AvgIpc) is 2.87. The second-order valence-electron chi connectivity index (χ2n) is 6.59. The SMILES string of the molecule is [2H]C(C)(C)N(c1cnc(-c2ccccc2)c(-c2ccccc2)n1)C([2H])([2H])C([2H])([2H])C([2H])([2H])C([2H])([2H])OCC(=O)O. The summed E-state index contributed by atoms with van der Waals surface area (Å²) in [5.41, 5.74) is 2.00. The molecule has 162 valence electrons. The minimum absolute atomic E-state index is 0.290. The van der Waals surface area contributed by atoms with Gasteiger partial charge in [-0.25, -0.2) is 9.78 Å². The number of aliphatic carboxylic acids is 1. The highest BCUT2D eigenvalue weighted by Crippen LogP contribution is 2.30. The van der Waals surface area contributed by atoms with Gasteiger partial charge in [-0.15, -0.1) is 0 Å². The summed E-state index contributed by atoms with van der Waals surface area (Å²) in [6.45, 7) is -5.83. The lowest BCUT2D eigenvalue weighted by molar-refractivity contribution is -0.142. The maximum absolute atomic E-state index is 10.9. The van der Waals surface area contributed by atoms with Gasteiger partial charge >= 0.3 is 5.97 Å². The summed E-state index contributed by atoms with van der Waals surface area (Å²) in [7, 11) is 0. The predicted octanol–water partition coefficient (Wildman–Crippen LogP) is 4.91. The van der Waals surface area contributed by atoms with Gasteiger partial charge in [0.1, 0.15) is 12.4 Å². The molecule has 0 bridgehead atoms. The molecule has 3 rings (SSSR count). The highest BCUT2D eigenvalue weighted by molar-refractivity contribution is 5.78. The van der Waals surface area contributed by atoms with Crippen LogP contribution in [0.3, 0.4) is 0 Å². The van der Waals surface area contributed by atoms with Crippen LogP contribution in [0, 0.1) is 0 Å². The van der Waals surface area contributed by atoms with Crippen LogP contribution in [0.5, 0.6) is 0 Å². The number of carboxylic acids is 1. The molecule has 0 atom stereocenters. The van der Waals surface area contributed by atoms with Crippen molar-refractivity contribution >= 4 is 11.8 Å². The van der Waals surface area contributed by atoms with Crippen LogP contribution in [0.25, 0.3) is 22.5 Å². The van der Waals surface area contributed by atoms with Gasteiger partial charge in [0.25, 0.3) is 0 Å². The smallest absolute Gasteiger partial charge is 0.329 e. The standard InChI is InChI=1S/C25H29N3O3/c1-19(2)28(15-9-10-16-31-18-23(29)30)22-17-26-24(20-11-5-3-6-12-20)25(27-22)21-13-7-4-8-14-21/h3-8,11-14,17,19H,9-10,15-16,18H2,1-2H3,(H,29,30)/i9D2,10D2,15D2,16D2,19D. The first kappa shape index (κ1) is 13.2. The first-order valence-corrected chi connectivity index (χ1v) is 9.48. The molecule has 0 aliphatic rings. The van der Waals surface area contributed by atoms with Gasteiger partial charge in [-0.2, -0.15) is 0 Å². The lowest BCUT2D eigenvalue weighted by atomic mass is 10.0. The Labute approximate surface area is 196 Å². The summed E-state index contributed by atoms with van der Waals surface area (Å²) in [6.07, 6.45) is -6.33. The molecule has 0 fully saturated rings. The average molecular weight is 429 g/mol. The van der Waals surface area contributed by atoms with Crippen LogP contribution < -0.4 is 4.90 Å². The van der Waals surface area contributed by atoms with Gasteiger partial charge in [-0.3, -0.25) is 4.98 Å². The molecule has 0 spiro atoms. The Balaban J connectivity index is 2.22. The minimum atomic E-state index is -3.75. The van der Waals surface area contributed by atoms with Crippen molar-refractivity contribution in [2.75, 3.05) is 24.6 Å². The normalized spacial score (nSPS) is 17.4. The van der Waals surface area contributed by atoms with E-state index in [0.29, 0.717) is 21.7 Å². The van der Waals surface area contributed by atoms with Crippen molar-refractivity contribution in [1.29, 1.82) is 0 Å². The van der Waals surface area contributed by atoms with E-state index in [1.165, 1.54) is 13.8 Å². The molecule has 0 aliphatic heterocycles. The Hall–Kier alpha value is -3.25.